The van der Waals surface area contributed by atoms with E-state index in [4.69, 9.17) is 14.0 Å². The summed E-state index contributed by atoms with van der Waals surface area (Å²) in [5.41, 5.74) is 0. The van der Waals surface area contributed by atoms with E-state index >= 15 is 0 Å². The molecule has 1 N–H and O–H groups in total. The van der Waals surface area contributed by atoms with Gasteiger partial charge in [-0.05, 0) is 49.9 Å². The van der Waals surface area contributed by atoms with E-state index in [9.17, 15) is 13.2 Å². The highest BCUT2D eigenvalue weighted by Crippen LogP contribution is 2.16. The van der Waals surface area contributed by atoms with E-state index in [-0.39, 0.29) is 4.90 Å². The molecule has 0 unspecified atom stereocenters. The maximum absolute atomic E-state index is 10.9. The van der Waals surface area contributed by atoms with Crippen LogP contribution in [0.3, 0.4) is 0 Å². The van der Waals surface area contributed by atoms with Crippen molar-refractivity contribution in [2.75, 3.05) is 13.2 Å². The second-order valence-corrected chi connectivity index (χ2v) is 6.00. The number of benzene rings is 1. The first-order valence-electron chi connectivity index (χ1n) is 6.93. The molecule has 22 heavy (non-hydrogen) atoms. The van der Waals surface area contributed by atoms with E-state index in [1.54, 1.807) is 0 Å². The molecular formula is C15H20O6S. The molecule has 0 bridgehead atoms. The Labute approximate surface area is 130 Å². The average molecular weight is 328 g/mol. The maximum Gasteiger partial charge on any atom is 0.330 e. The second kappa shape index (κ2) is 9.22. The minimum atomic E-state index is -4.16. The van der Waals surface area contributed by atoms with Gasteiger partial charge in [0, 0.05) is 6.08 Å². The van der Waals surface area contributed by atoms with Crippen LogP contribution in [0.15, 0.2) is 41.8 Å². The van der Waals surface area contributed by atoms with Crippen molar-refractivity contribution in [1.29, 1.82) is 0 Å². The number of hydrogen-bond donors (Lipinski definition) is 1. The third-order valence-corrected chi connectivity index (χ3v) is 3.71. The topological polar surface area (TPSA) is 89.9 Å². The van der Waals surface area contributed by atoms with Gasteiger partial charge in [0.1, 0.15) is 5.75 Å². The van der Waals surface area contributed by atoms with Gasteiger partial charge in [0.2, 0.25) is 0 Å². The van der Waals surface area contributed by atoms with Crippen LogP contribution in [0, 0.1) is 0 Å². The largest absolute Gasteiger partial charge is 0.494 e. The molecule has 1 aromatic carbocycles. The van der Waals surface area contributed by atoms with Crippen LogP contribution in [0.2, 0.25) is 0 Å². The number of unbranched alkanes of at least 4 members (excludes halogenated alkanes) is 3. The molecule has 0 aliphatic rings. The van der Waals surface area contributed by atoms with Crippen LogP contribution in [0.1, 0.15) is 25.7 Å². The molecule has 122 valence electrons. The van der Waals surface area contributed by atoms with Gasteiger partial charge in [0.15, 0.2) is 0 Å². The Morgan fingerprint density at radius 1 is 1.09 bits per heavy atom. The Kier molecular flexibility index (Phi) is 7.62. The molecule has 0 heterocycles. The summed E-state index contributed by atoms with van der Waals surface area (Å²) < 4.78 is 40.9. The molecule has 0 radical (unpaired) electrons. The van der Waals surface area contributed by atoms with Gasteiger partial charge >= 0.3 is 5.97 Å². The molecule has 1 aromatic rings. The molecule has 6 nitrogen and oxygen atoms in total. The molecule has 0 amide bonds. The van der Waals surface area contributed by atoms with Crippen LogP contribution in [-0.2, 0) is 19.6 Å². The van der Waals surface area contributed by atoms with Crippen molar-refractivity contribution < 1.29 is 27.2 Å². The Morgan fingerprint density at radius 3 is 2.23 bits per heavy atom. The number of hydrogen-bond acceptors (Lipinski definition) is 5. The van der Waals surface area contributed by atoms with Gasteiger partial charge in [-0.1, -0.05) is 6.58 Å². The summed E-state index contributed by atoms with van der Waals surface area (Å²) in [5, 5.41) is 0. The van der Waals surface area contributed by atoms with E-state index in [0.29, 0.717) is 19.0 Å². The number of ether oxygens (including phenoxy) is 2. The average Bonchev–Trinajstić information content (AvgIpc) is 2.49. The summed E-state index contributed by atoms with van der Waals surface area (Å²) in [6.07, 6.45) is 4.64. The molecule has 0 spiro atoms. The Balaban J connectivity index is 2.12. The van der Waals surface area contributed by atoms with E-state index in [2.05, 4.69) is 6.58 Å². The highest BCUT2D eigenvalue weighted by molar-refractivity contribution is 7.85. The van der Waals surface area contributed by atoms with Crippen molar-refractivity contribution in [3.05, 3.63) is 36.9 Å². The summed E-state index contributed by atoms with van der Waals surface area (Å²) in [6, 6.07) is 5.58. The lowest BCUT2D eigenvalue weighted by molar-refractivity contribution is -0.137. The van der Waals surface area contributed by atoms with Crippen LogP contribution in [-0.4, -0.2) is 32.2 Å². The van der Waals surface area contributed by atoms with Gasteiger partial charge in [-0.25, -0.2) is 4.79 Å². The fraction of sp³-hybridized carbons (Fsp3) is 0.400. The summed E-state index contributed by atoms with van der Waals surface area (Å²) in [4.78, 5) is 10.6. The van der Waals surface area contributed by atoms with E-state index in [1.165, 1.54) is 24.3 Å². The first kappa shape index (κ1) is 18.2. The van der Waals surface area contributed by atoms with Crippen molar-refractivity contribution >= 4 is 16.1 Å². The predicted octanol–water partition coefficient (Wildman–Crippen LogP) is 2.60. The van der Waals surface area contributed by atoms with Gasteiger partial charge in [0.05, 0.1) is 18.1 Å². The zero-order chi connectivity index (χ0) is 16.4. The highest BCUT2D eigenvalue weighted by Gasteiger charge is 2.08. The quantitative estimate of drug-likeness (QED) is 0.307. The fourth-order valence-electron chi connectivity index (χ4n) is 1.69. The highest BCUT2D eigenvalue weighted by atomic mass is 32.2. The molecule has 0 aliphatic carbocycles. The molecule has 1 rings (SSSR count). The van der Waals surface area contributed by atoms with Gasteiger partial charge in [-0.2, -0.15) is 8.42 Å². The number of rotatable bonds is 10. The predicted molar refractivity (Wildman–Crippen MR) is 81.4 cm³/mol. The number of carbonyl (C=O) groups is 1. The Hall–Kier alpha value is -1.86. The van der Waals surface area contributed by atoms with E-state index < -0.39 is 16.1 Å². The van der Waals surface area contributed by atoms with Crippen LogP contribution in [0.25, 0.3) is 0 Å². The first-order chi connectivity index (χ1) is 10.4. The second-order valence-electron chi connectivity index (χ2n) is 4.58. The Bertz CT molecular complexity index is 577. The van der Waals surface area contributed by atoms with Crippen molar-refractivity contribution in [2.24, 2.45) is 0 Å². The molecule has 0 fully saturated rings. The third-order valence-electron chi connectivity index (χ3n) is 2.84. The molecule has 7 heteroatoms. The van der Waals surface area contributed by atoms with Gasteiger partial charge in [0.25, 0.3) is 10.1 Å². The van der Waals surface area contributed by atoms with Crippen molar-refractivity contribution in [1.82, 2.24) is 0 Å². The lowest BCUT2D eigenvalue weighted by Crippen LogP contribution is -2.02. The normalized spacial score (nSPS) is 11.0. The standard InChI is InChI=1S/C15H20O6S/c1-2-15(16)21-12-6-4-3-5-11-20-13-7-9-14(10-8-13)22(17,18)19/h2,7-10H,1,3-6,11-12H2,(H,17,18,19). The summed E-state index contributed by atoms with van der Waals surface area (Å²) in [6.45, 7) is 4.21. The zero-order valence-corrected chi connectivity index (χ0v) is 13.0. The smallest absolute Gasteiger partial charge is 0.330 e. The van der Waals surface area contributed by atoms with E-state index in [1.807, 2.05) is 0 Å². The summed E-state index contributed by atoms with van der Waals surface area (Å²) >= 11 is 0. The van der Waals surface area contributed by atoms with Crippen molar-refractivity contribution in [3.63, 3.8) is 0 Å². The lowest BCUT2D eigenvalue weighted by atomic mass is 10.2. The monoisotopic (exact) mass is 328 g/mol. The molecule has 0 aliphatic heterocycles. The molecule has 0 saturated heterocycles. The van der Waals surface area contributed by atoms with Crippen LogP contribution < -0.4 is 4.74 Å². The van der Waals surface area contributed by atoms with Crippen molar-refractivity contribution in [2.45, 2.75) is 30.6 Å². The number of esters is 1. The van der Waals surface area contributed by atoms with Gasteiger partial charge < -0.3 is 9.47 Å². The van der Waals surface area contributed by atoms with Crippen molar-refractivity contribution in [3.8, 4) is 5.75 Å². The van der Waals surface area contributed by atoms with E-state index in [0.717, 1.165) is 31.8 Å². The van der Waals surface area contributed by atoms with Gasteiger partial charge in [-0.15, -0.1) is 0 Å². The minimum absolute atomic E-state index is 0.158. The molecular weight excluding hydrogens is 308 g/mol. The SMILES string of the molecule is C=CC(=O)OCCCCCCOc1ccc(S(=O)(=O)O)cc1. The van der Waals surface area contributed by atoms with Crippen LogP contribution in [0.4, 0.5) is 0 Å². The Morgan fingerprint density at radius 2 is 1.68 bits per heavy atom. The van der Waals surface area contributed by atoms with Crippen LogP contribution in [0.5, 0.6) is 5.75 Å². The third kappa shape index (κ3) is 7.24. The first-order valence-corrected chi connectivity index (χ1v) is 8.37. The summed E-state index contributed by atoms with van der Waals surface area (Å²) in [5.74, 6) is 0.143. The van der Waals surface area contributed by atoms with Crippen LogP contribution >= 0.6 is 0 Å². The molecule has 0 aromatic heterocycles. The molecule has 0 saturated carbocycles. The zero-order valence-electron chi connectivity index (χ0n) is 12.2. The summed E-state index contributed by atoms with van der Waals surface area (Å²) in [7, 11) is -4.16. The molecule has 0 atom stereocenters. The minimum Gasteiger partial charge on any atom is -0.494 e. The maximum atomic E-state index is 10.9. The lowest BCUT2D eigenvalue weighted by Gasteiger charge is -2.06. The van der Waals surface area contributed by atoms with Gasteiger partial charge in [-0.3, -0.25) is 4.55 Å². The fourth-order valence-corrected chi connectivity index (χ4v) is 2.17. The number of carbonyl (C=O) groups excluding carboxylic acids is 1.